The minimum atomic E-state index is -0.278. The molecule has 0 aromatic heterocycles. The lowest BCUT2D eigenvalue weighted by Gasteiger charge is -2.13. The monoisotopic (exact) mass is 345 g/mol. The summed E-state index contributed by atoms with van der Waals surface area (Å²) in [6.45, 7) is 4.99. The van der Waals surface area contributed by atoms with Crippen LogP contribution in [0.3, 0.4) is 0 Å². The summed E-state index contributed by atoms with van der Waals surface area (Å²) in [5.41, 5.74) is 0.880. The van der Waals surface area contributed by atoms with Gasteiger partial charge in [0.15, 0.2) is 0 Å². The molecule has 1 aliphatic heterocycles. The van der Waals surface area contributed by atoms with Gasteiger partial charge < -0.3 is 9.47 Å². The van der Waals surface area contributed by atoms with Crippen molar-refractivity contribution in [1.29, 1.82) is 0 Å². The molecule has 2 aliphatic rings. The summed E-state index contributed by atoms with van der Waals surface area (Å²) in [5.74, 6) is -0.580. The molecule has 3 rings (SSSR count). The van der Waals surface area contributed by atoms with Crippen molar-refractivity contribution in [3.8, 4) is 0 Å². The molecular weight excluding hydrogens is 322 g/mol. The highest BCUT2D eigenvalue weighted by molar-refractivity contribution is 6.21. The second-order valence-corrected chi connectivity index (χ2v) is 6.81. The number of nitrogens with zero attached hydrogens (tertiary/aromatic N) is 1. The van der Waals surface area contributed by atoms with Crippen LogP contribution in [0.5, 0.6) is 0 Å². The van der Waals surface area contributed by atoms with Crippen LogP contribution in [-0.4, -0.2) is 48.5 Å². The maximum atomic E-state index is 12.2. The number of fused-ring (bicyclic) bond motifs is 1. The van der Waals surface area contributed by atoms with Crippen molar-refractivity contribution in [1.82, 2.24) is 4.90 Å². The molecule has 2 atom stereocenters. The van der Waals surface area contributed by atoms with E-state index < -0.39 is 0 Å². The van der Waals surface area contributed by atoms with Crippen LogP contribution in [0.1, 0.15) is 47.4 Å². The Morgan fingerprint density at radius 3 is 2.44 bits per heavy atom. The quantitative estimate of drug-likeness (QED) is 0.411. The zero-order valence-corrected chi connectivity index (χ0v) is 14.6. The van der Waals surface area contributed by atoms with Gasteiger partial charge in [-0.05, 0) is 44.7 Å². The Bertz CT molecular complexity index is 649. The fourth-order valence-electron chi connectivity index (χ4n) is 2.98. The Morgan fingerprint density at radius 2 is 1.84 bits per heavy atom. The van der Waals surface area contributed by atoms with Gasteiger partial charge in [0.05, 0.1) is 36.4 Å². The lowest BCUT2D eigenvalue weighted by Crippen LogP contribution is -2.31. The molecule has 1 aromatic rings. The molecule has 2 amide bonds. The van der Waals surface area contributed by atoms with Crippen LogP contribution in [-0.2, 0) is 14.3 Å². The second kappa shape index (κ2) is 7.35. The minimum absolute atomic E-state index is 0.0712. The van der Waals surface area contributed by atoms with Crippen molar-refractivity contribution in [2.24, 2.45) is 11.8 Å². The third kappa shape index (κ3) is 3.90. The van der Waals surface area contributed by atoms with E-state index in [2.05, 4.69) is 0 Å². The number of benzene rings is 1. The summed E-state index contributed by atoms with van der Waals surface area (Å²) in [6, 6.07) is 6.79. The van der Waals surface area contributed by atoms with E-state index in [-0.39, 0.29) is 48.9 Å². The fraction of sp³-hybridized carbons (Fsp3) is 0.526. The van der Waals surface area contributed by atoms with E-state index in [4.69, 9.17) is 9.47 Å². The first-order chi connectivity index (χ1) is 12.0. The van der Waals surface area contributed by atoms with E-state index >= 15 is 0 Å². The van der Waals surface area contributed by atoms with Gasteiger partial charge in [-0.3, -0.25) is 19.3 Å². The van der Waals surface area contributed by atoms with Crippen LogP contribution in [0.2, 0.25) is 0 Å². The number of hydrogen-bond donors (Lipinski definition) is 0. The number of ether oxygens (including phenoxy) is 2. The summed E-state index contributed by atoms with van der Waals surface area (Å²) in [6.07, 6.45) is 1.41. The van der Waals surface area contributed by atoms with E-state index in [1.165, 1.54) is 4.90 Å². The fourth-order valence-corrected chi connectivity index (χ4v) is 2.98. The molecule has 1 heterocycles. The standard InChI is InChI=1S/C19H23NO5/c1-12(2)25-11-13-10-16(13)19(23)24-9-5-8-20-17(21)14-6-3-4-7-15(14)18(20)22/h3-4,6-7,12-13,16H,5,8-11H2,1-2H3/t13-,16+/m0/s1. The Balaban J connectivity index is 1.38. The van der Waals surface area contributed by atoms with Crippen LogP contribution < -0.4 is 0 Å². The number of carbonyl (C=O) groups excluding carboxylic acids is 3. The minimum Gasteiger partial charge on any atom is -0.465 e. The summed E-state index contributed by atoms with van der Waals surface area (Å²) >= 11 is 0. The molecule has 134 valence electrons. The Hall–Kier alpha value is -2.21. The predicted octanol–water partition coefficient (Wildman–Crippen LogP) is 2.28. The van der Waals surface area contributed by atoms with E-state index in [1.807, 2.05) is 13.8 Å². The average Bonchev–Trinajstić information content (AvgIpc) is 3.34. The molecule has 1 aromatic carbocycles. The summed E-state index contributed by atoms with van der Waals surface area (Å²) in [5, 5.41) is 0. The van der Waals surface area contributed by atoms with Gasteiger partial charge in [0.25, 0.3) is 11.8 Å². The van der Waals surface area contributed by atoms with Gasteiger partial charge in [0, 0.05) is 6.54 Å². The molecule has 0 N–H and O–H groups in total. The third-order valence-electron chi connectivity index (χ3n) is 4.52. The average molecular weight is 345 g/mol. The van der Waals surface area contributed by atoms with Gasteiger partial charge in [-0.15, -0.1) is 0 Å². The van der Waals surface area contributed by atoms with Crippen LogP contribution in [0.15, 0.2) is 24.3 Å². The normalized spacial score (nSPS) is 21.6. The molecular formula is C19H23NO5. The van der Waals surface area contributed by atoms with Crippen LogP contribution >= 0.6 is 0 Å². The molecule has 6 heteroatoms. The lowest BCUT2D eigenvalue weighted by atomic mass is 10.1. The highest BCUT2D eigenvalue weighted by atomic mass is 16.5. The van der Waals surface area contributed by atoms with E-state index in [0.29, 0.717) is 24.2 Å². The van der Waals surface area contributed by atoms with Gasteiger partial charge in [0.1, 0.15) is 0 Å². The predicted molar refractivity (Wildman–Crippen MR) is 90.1 cm³/mol. The molecule has 0 spiro atoms. The van der Waals surface area contributed by atoms with Crippen molar-refractivity contribution in [3.63, 3.8) is 0 Å². The maximum Gasteiger partial charge on any atom is 0.309 e. The highest BCUT2D eigenvalue weighted by Crippen LogP contribution is 2.39. The van der Waals surface area contributed by atoms with E-state index in [0.717, 1.165) is 6.42 Å². The smallest absolute Gasteiger partial charge is 0.309 e. The van der Waals surface area contributed by atoms with Gasteiger partial charge in [-0.2, -0.15) is 0 Å². The molecule has 0 unspecified atom stereocenters. The third-order valence-corrected chi connectivity index (χ3v) is 4.52. The number of carbonyl (C=O) groups is 3. The molecule has 25 heavy (non-hydrogen) atoms. The Labute approximate surface area is 147 Å². The van der Waals surface area contributed by atoms with Crippen molar-refractivity contribution in [3.05, 3.63) is 35.4 Å². The number of imide groups is 1. The summed E-state index contributed by atoms with van der Waals surface area (Å²) in [7, 11) is 0. The largest absolute Gasteiger partial charge is 0.465 e. The maximum absolute atomic E-state index is 12.2. The second-order valence-electron chi connectivity index (χ2n) is 6.81. The van der Waals surface area contributed by atoms with Crippen LogP contribution in [0.25, 0.3) is 0 Å². The molecule has 1 saturated carbocycles. The van der Waals surface area contributed by atoms with E-state index in [9.17, 15) is 14.4 Å². The SMILES string of the molecule is CC(C)OC[C@@H]1C[C@H]1C(=O)OCCCN1C(=O)c2ccccc2C1=O. The van der Waals surface area contributed by atoms with Crippen LogP contribution in [0.4, 0.5) is 0 Å². The van der Waals surface area contributed by atoms with Gasteiger partial charge >= 0.3 is 5.97 Å². The van der Waals surface area contributed by atoms with Crippen LogP contribution in [0, 0.1) is 11.8 Å². The van der Waals surface area contributed by atoms with Crippen molar-refractivity contribution >= 4 is 17.8 Å². The van der Waals surface area contributed by atoms with Gasteiger partial charge in [-0.1, -0.05) is 12.1 Å². The first-order valence-electron chi connectivity index (χ1n) is 8.72. The molecule has 1 fully saturated rings. The van der Waals surface area contributed by atoms with Crippen molar-refractivity contribution in [2.75, 3.05) is 19.8 Å². The summed E-state index contributed by atoms with van der Waals surface area (Å²) < 4.78 is 10.8. The molecule has 0 bridgehead atoms. The van der Waals surface area contributed by atoms with Gasteiger partial charge in [-0.25, -0.2) is 0 Å². The number of amides is 2. The van der Waals surface area contributed by atoms with Crippen molar-refractivity contribution in [2.45, 2.75) is 32.8 Å². The zero-order chi connectivity index (χ0) is 18.0. The van der Waals surface area contributed by atoms with E-state index in [1.54, 1.807) is 24.3 Å². The molecule has 0 radical (unpaired) electrons. The first-order valence-corrected chi connectivity index (χ1v) is 8.72. The lowest BCUT2D eigenvalue weighted by molar-refractivity contribution is -0.146. The Kier molecular flexibility index (Phi) is 5.18. The molecule has 6 nitrogen and oxygen atoms in total. The zero-order valence-electron chi connectivity index (χ0n) is 14.6. The number of rotatable bonds is 8. The van der Waals surface area contributed by atoms with Crippen molar-refractivity contribution < 1.29 is 23.9 Å². The number of esters is 1. The molecule has 0 saturated heterocycles. The Morgan fingerprint density at radius 1 is 1.20 bits per heavy atom. The number of hydrogen-bond acceptors (Lipinski definition) is 5. The molecule has 1 aliphatic carbocycles. The summed E-state index contributed by atoms with van der Waals surface area (Å²) in [4.78, 5) is 37.6. The highest BCUT2D eigenvalue weighted by Gasteiger charge is 2.44. The first kappa shape index (κ1) is 17.6. The van der Waals surface area contributed by atoms with Gasteiger partial charge in [0.2, 0.25) is 0 Å². The topological polar surface area (TPSA) is 72.9 Å².